The Bertz CT molecular complexity index is 883. The van der Waals surface area contributed by atoms with Crippen LogP contribution in [0.15, 0.2) is 43.2 Å². The van der Waals surface area contributed by atoms with Crippen molar-refractivity contribution in [1.29, 1.82) is 0 Å². The van der Waals surface area contributed by atoms with E-state index < -0.39 is 0 Å². The molecule has 3 aromatic rings. The van der Waals surface area contributed by atoms with Crippen molar-refractivity contribution in [2.24, 2.45) is 0 Å². The normalized spacial score (nSPS) is 11.0. The fourth-order valence-electron chi connectivity index (χ4n) is 2.87. The van der Waals surface area contributed by atoms with E-state index in [4.69, 9.17) is 0 Å². The second-order valence-corrected chi connectivity index (χ2v) is 6.74. The summed E-state index contributed by atoms with van der Waals surface area (Å²) < 4.78 is 3.93. The molecule has 0 radical (unpaired) electrons. The monoisotopic (exact) mass is 367 g/mol. The van der Waals surface area contributed by atoms with Crippen molar-refractivity contribution < 1.29 is 4.79 Å². The lowest BCUT2D eigenvalue weighted by molar-refractivity contribution is 0.251. The summed E-state index contributed by atoms with van der Waals surface area (Å²) in [4.78, 5) is 16.6. The number of hydrogen-bond donors (Lipinski definition) is 2. The predicted octanol–water partition coefficient (Wildman–Crippen LogP) is 3.11. The van der Waals surface area contributed by atoms with Gasteiger partial charge >= 0.3 is 6.03 Å². The molecule has 0 saturated heterocycles. The number of anilines is 1. The van der Waals surface area contributed by atoms with Gasteiger partial charge in [-0.1, -0.05) is 19.9 Å². The molecule has 0 spiro atoms. The zero-order chi connectivity index (χ0) is 19.2. The molecule has 2 aromatic heterocycles. The average Bonchev–Trinajstić information content (AvgIpc) is 3.32. The van der Waals surface area contributed by atoms with E-state index >= 15 is 0 Å². The summed E-state index contributed by atoms with van der Waals surface area (Å²) in [5, 5.41) is 13.4. The summed E-state index contributed by atoms with van der Waals surface area (Å²) in [6.07, 6.45) is 7.88. The van der Waals surface area contributed by atoms with Crippen LogP contribution in [-0.2, 0) is 6.54 Å². The molecular formula is C19H25N7O. The van der Waals surface area contributed by atoms with Crippen LogP contribution >= 0.6 is 0 Å². The fourth-order valence-corrected chi connectivity index (χ4v) is 2.87. The molecule has 1 aromatic carbocycles. The summed E-state index contributed by atoms with van der Waals surface area (Å²) in [7, 11) is 0. The Morgan fingerprint density at radius 2 is 2.00 bits per heavy atom. The molecule has 0 bridgehead atoms. The molecule has 0 atom stereocenters. The molecule has 0 saturated carbocycles. The van der Waals surface area contributed by atoms with Crippen LogP contribution in [0, 0.1) is 6.92 Å². The molecule has 0 aliphatic carbocycles. The number of urea groups is 1. The van der Waals surface area contributed by atoms with E-state index in [1.165, 1.54) is 0 Å². The molecule has 8 heteroatoms. The number of aromatic nitrogens is 5. The maximum Gasteiger partial charge on any atom is 0.319 e. The number of nitrogens with zero attached hydrogens (tertiary/aromatic N) is 5. The molecule has 3 rings (SSSR count). The maximum absolute atomic E-state index is 12.2. The van der Waals surface area contributed by atoms with Gasteiger partial charge in [-0.25, -0.2) is 9.78 Å². The van der Waals surface area contributed by atoms with Gasteiger partial charge in [0.05, 0.1) is 5.69 Å². The first-order chi connectivity index (χ1) is 13.0. The quantitative estimate of drug-likeness (QED) is 0.628. The Labute approximate surface area is 158 Å². The Hall–Kier alpha value is -3.16. The second-order valence-electron chi connectivity index (χ2n) is 6.74. The van der Waals surface area contributed by atoms with Crippen molar-refractivity contribution in [1.82, 2.24) is 29.6 Å². The minimum Gasteiger partial charge on any atom is -0.338 e. The van der Waals surface area contributed by atoms with Gasteiger partial charge in [0.25, 0.3) is 0 Å². The number of hydrogen-bond acceptors (Lipinski definition) is 4. The molecule has 0 fully saturated rings. The van der Waals surface area contributed by atoms with Crippen molar-refractivity contribution in [2.45, 2.75) is 39.7 Å². The zero-order valence-electron chi connectivity index (χ0n) is 15.9. The van der Waals surface area contributed by atoms with E-state index in [0.29, 0.717) is 12.5 Å². The van der Waals surface area contributed by atoms with Crippen LogP contribution in [-0.4, -0.2) is 36.9 Å². The third kappa shape index (κ3) is 4.72. The summed E-state index contributed by atoms with van der Waals surface area (Å²) in [6.45, 7) is 7.63. The number of aryl methyl sites for hydroxylation is 2. The van der Waals surface area contributed by atoms with Crippen LogP contribution in [0.25, 0.3) is 5.69 Å². The highest BCUT2D eigenvalue weighted by molar-refractivity contribution is 5.90. The largest absolute Gasteiger partial charge is 0.338 e. The summed E-state index contributed by atoms with van der Waals surface area (Å²) >= 11 is 0. The van der Waals surface area contributed by atoms with Gasteiger partial charge in [0.1, 0.15) is 18.5 Å². The lowest BCUT2D eigenvalue weighted by Crippen LogP contribution is -2.30. The lowest BCUT2D eigenvalue weighted by Gasteiger charge is -2.13. The van der Waals surface area contributed by atoms with Gasteiger partial charge in [0.15, 0.2) is 0 Å². The summed E-state index contributed by atoms with van der Waals surface area (Å²) in [5.41, 5.74) is 2.64. The molecular weight excluding hydrogens is 342 g/mol. The fraction of sp³-hybridized carbons (Fsp3) is 0.368. The van der Waals surface area contributed by atoms with Crippen LogP contribution in [0.5, 0.6) is 0 Å². The number of benzene rings is 1. The van der Waals surface area contributed by atoms with E-state index in [1.54, 1.807) is 17.2 Å². The molecule has 2 heterocycles. The molecule has 0 unspecified atom stereocenters. The van der Waals surface area contributed by atoms with Gasteiger partial charge in [-0.2, -0.15) is 0 Å². The standard InChI is InChI=1S/C19H25N7O/c1-14(2)18-20-8-10-25(18)9-4-7-21-19(27)24-17-11-16(6-5-15(17)3)26-12-22-23-13-26/h5-6,8,10-14H,4,7,9H2,1-3H3,(H2,21,24,27). The molecule has 142 valence electrons. The SMILES string of the molecule is Cc1ccc(-n2cnnc2)cc1NC(=O)NCCCn1ccnc1C(C)C. The van der Waals surface area contributed by atoms with Crippen molar-refractivity contribution in [2.75, 3.05) is 11.9 Å². The predicted molar refractivity (Wildman–Crippen MR) is 104 cm³/mol. The number of nitrogens with one attached hydrogen (secondary N) is 2. The van der Waals surface area contributed by atoms with Crippen LogP contribution in [0.2, 0.25) is 0 Å². The third-order valence-electron chi connectivity index (χ3n) is 4.31. The van der Waals surface area contributed by atoms with Gasteiger partial charge in [-0.05, 0) is 31.0 Å². The van der Waals surface area contributed by atoms with Crippen LogP contribution in [0.4, 0.5) is 10.5 Å². The smallest absolute Gasteiger partial charge is 0.319 e. The molecule has 0 aliphatic rings. The number of rotatable bonds is 7. The summed E-state index contributed by atoms with van der Waals surface area (Å²) in [5.74, 6) is 1.46. The van der Waals surface area contributed by atoms with Gasteiger partial charge in [0.2, 0.25) is 0 Å². The Balaban J connectivity index is 1.51. The van der Waals surface area contributed by atoms with Crippen molar-refractivity contribution in [3.63, 3.8) is 0 Å². The van der Waals surface area contributed by atoms with Gasteiger partial charge in [-0.15, -0.1) is 10.2 Å². The molecule has 0 aliphatic heterocycles. The highest BCUT2D eigenvalue weighted by Gasteiger charge is 2.08. The van der Waals surface area contributed by atoms with Crippen molar-refractivity contribution in [3.05, 3.63) is 54.6 Å². The second kappa shape index (κ2) is 8.48. The molecule has 27 heavy (non-hydrogen) atoms. The number of carbonyl (C=O) groups excluding carboxylic acids is 1. The van der Waals surface area contributed by atoms with E-state index in [2.05, 4.69) is 44.2 Å². The van der Waals surface area contributed by atoms with Crippen LogP contribution in [0.1, 0.15) is 37.6 Å². The highest BCUT2D eigenvalue weighted by atomic mass is 16.2. The molecule has 2 amide bonds. The first-order valence-electron chi connectivity index (χ1n) is 9.06. The Morgan fingerprint density at radius 1 is 1.22 bits per heavy atom. The van der Waals surface area contributed by atoms with Gasteiger partial charge in [0, 0.05) is 37.1 Å². The first-order valence-corrected chi connectivity index (χ1v) is 9.06. The number of imidazole rings is 1. The number of amides is 2. The Kier molecular flexibility index (Phi) is 5.85. The first kappa shape index (κ1) is 18.6. The van der Waals surface area contributed by atoms with E-state index in [0.717, 1.165) is 35.7 Å². The highest BCUT2D eigenvalue weighted by Crippen LogP contribution is 2.19. The summed E-state index contributed by atoms with van der Waals surface area (Å²) in [6, 6.07) is 5.60. The Morgan fingerprint density at radius 3 is 2.74 bits per heavy atom. The van der Waals surface area contributed by atoms with Crippen LogP contribution < -0.4 is 10.6 Å². The average molecular weight is 367 g/mol. The van der Waals surface area contributed by atoms with E-state index in [-0.39, 0.29) is 6.03 Å². The lowest BCUT2D eigenvalue weighted by atomic mass is 10.2. The topological polar surface area (TPSA) is 89.7 Å². The van der Waals surface area contributed by atoms with Crippen LogP contribution in [0.3, 0.4) is 0 Å². The molecule has 2 N–H and O–H groups in total. The minimum absolute atomic E-state index is 0.214. The third-order valence-corrected chi connectivity index (χ3v) is 4.31. The zero-order valence-corrected chi connectivity index (χ0v) is 15.9. The van der Waals surface area contributed by atoms with Crippen molar-refractivity contribution in [3.8, 4) is 5.69 Å². The van der Waals surface area contributed by atoms with Gasteiger partial charge in [-0.3, -0.25) is 4.57 Å². The minimum atomic E-state index is -0.214. The van der Waals surface area contributed by atoms with Crippen molar-refractivity contribution >= 4 is 11.7 Å². The number of carbonyl (C=O) groups is 1. The van der Waals surface area contributed by atoms with Gasteiger partial charge < -0.3 is 15.2 Å². The maximum atomic E-state index is 12.2. The molecule has 8 nitrogen and oxygen atoms in total. The van der Waals surface area contributed by atoms with E-state index in [1.807, 2.05) is 37.5 Å². The van der Waals surface area contributed by atoms with E-state index in [9.17, 15) is 4.79 Å².